The van der Waals surface area contributed by atoms with Crippen molar-refractivity contribution in [3.63, 3.8) is 0 Å². The van der Waals surface area contributed by atoms with Crippen LogP contribution in [0.25, 0.3) is 11.3 Å². The molecule has 0 radical (unpaired) electrons. The molecule has 2 atom stereocenters. The molecule has 3 aromatic rings. The molecular formula is C25H29ClN4O. The quantitative estimate of drug-likeness (QED) is 0.555. The van der Waals surface area contributed by atoms with E-state index < -0.39 is 0 Å². The highest BCUT2D eigenvalue weighted by molar-refractivity contribution is 6.30. The maximum absolute atomic E-state index is 6.02. The third-order valence-electron chi connectivity index (χ3n) is 6.77. The SMILES string of the molecule is COc1ccc(N2CCN([C@H]3CC[C@@H](n4ccc(-c5ccc(Cl)cc5)n4)C3)CC2)cc1. The number of methoxy groups -OCH3 is 1. The van der Waals surface area contributed by atoms with E-state index >= 15 is 0 Å². The monoisotopic (exact) mass is 436 g/mol. The van der Waals surface area contributed by atoms with Gasteiger partial charge < -0.3 is 9.64 Å². The standard InChI is InChI=1S/C25H29ClN4O/c1-31-24-10-8-21(9-11-24)28-14-16-29(17-15-28)22-6-7-23(18-22)30-13-12-25(27-30)19-2-4-20(26)5-3-19/h2-5,8-13,22-23H,6-7,14-18H2,1H3/t22-,23+/m0/s1. The summed E-state index contributed by atoms with van der Waals surface area (Å²) in [4.78, 5) is 5.16. The van der Waals surface area contributed by atoms with Gasteiger partial charge in [0.15, 0.2) is 0 Å². The number of benzene rings is 2. The average molecular weight is 437 g/mol. The molecule has 1 aromatic heterocycles. The number of nitrogens with zero attached hydrogens (tertiary/aromatic N) is 4. The molecule has 0 amide bonds. The highest BCUT2D eigenvalue weighted by Crippen LogP contribution is 2.34. The lowest BCUT2D eigenvalue weighted by atomic mass is 10.1. The number of halogens is 1. The van der Waals surface area contributed by atoms with E-state index in [0.717, 1.165) is 48.2 Å². The van der Waals surface area contributed by atoms with Gasteiger partial charge in [-0.25, -0.2) is 0 Å². The number of aromatic nitrogens is 2. The van der Waals surface area contributed by atoms with Gasteiger partial charge in [-0.2, -0.15) is 5.10 Å². The van der Waals surface area contributed by atoms with E-state index in [1.807, 2.05) is 36.4 Å². The second kappa shape index (κ2) is 8.93. The van der Waals surface area contributed by atoms with Gasteiger partial charge in [-0.05, 0) is 61.7 Å². The van der Waals surface area contributed by atoms with Gasteiger partial charge in [0.2, 0.25) is 0 Å². The van der Waals surface area contributed by atoms with Gasteiger partial charge in [0, 0.05) is 54.7 Å². The predicted molar refractivity (Wildman–Crippen MR) is 126 cm³/mol. The van der Waals surface area contributed by atoms with Crippen LogP contribution in [-0.2, 0) is 0 Å². The van der Waals surface area contributed by atoms with Gasteiger partial charge in [0.25, 0.3) is 0 Å². The molecule has 5 rings (SSSR count). The van der Waals surface area contributed by atoms with Crippen LogP contribution in [0.15, 0.2) is 60.8 Å². The first-order valence-corrected chi connectivity index (χ1v) is 11.5. The Hall–Kier alpha value is -2.50. The molecule has 1 saturated carbocycles. The van der Waals surface area contributed by atoms with E-state index in [-0.39, 0.29) is 0 Å². The lowest BCUT2D eigenvalue weighted by molar-refractivity contribution is 0.183. The van der Waals surface area contributed by atoms with Crippen LogP contribution in [0.4, 0.5) is 5.69 Å². The Balaban J connectivity index is 1.16. The topological polar surface area (TPSA) is 33.5 Å². The Morgan fingerprint density at radius 3 is 2.29 bits per heavy atom. The van der Waals surface area contributed by atoms with Crippen molar-refractivity contribution in [2.45, 2.75) is 31.3 Å². The van der Waals surface area contributed by atoms with E-state index in [9.17, 15) is 0 Å². The molecule has 0 spiro atoms. The van der Waals surface area contributed by atoms with Crippen molar-refractivity contribution in [3.05, 3.63) is 65.8 Å². The fourth-order valence-electron chi connectivity index (χ4n) is 4.96. The molecule has 1 aliphatic heterocycles. The van der Waals surface area contributed by atoms with Gasteiger partial charge in [-0.3, -0.25) is 9.58 Å². The minimum Gasteiger partial charge on any atom is -0.497 e. The van der Waals surface area contributed by atoms with Crippen molar-refractivity contribution in [2.75, 3.05) is 38.2 Å². The highest BCUT2D eigenvalue weighted by atomic mass is 35.5. The normalized spacial score (nSPS) is 22.1. The maximum atomic E-state index is 6.02. The van der Waals surface area contributed by atoms with Crippen LogP contribution >= 0.6 is 11.6 Å². The molecule has 0 bridgehead atoms. The zero-order valence-electron chi connectivity index (χ0n) is 18.0. The summed E-state index contributed by atoms with van der Waals surface area (Å²) < 4.78 is 7.46. The Kier molecular flexibility index (Phi) is 5.88. The van der Waals surface area contributed by atoms with Crippen LogP contribution < -0.4 is 9.64 Å². The van der Waals surface area contributed by atoms with E-state index in [2.05, 4.69) is 38.9 Å². The van der Waals surface area contributed by atoms with E-state index in [1.54, 1.807) is 7.11 Å². The summed E-state index contributed by atoms with van der Waals surface area (Å²) in [7, 11) is 1.71. The minimum atomic E-state index is 0.491. The second-order valence-electron chi connectivity index (χ2n) is 8.53. The first-order chi connectivity index (χ1) is 15.2. The fraction of sp³-hybridized carbons (Fsp3) is 0.400. The highest BCUT2D eigenvalue weighted by Gasteiger charge is 2.32. The van der Waals surface area contributed by atoms with Crippen LogP contribution in [0.5, 0.6) is 5.75 Å². The average Bonchev–Trinajstić information content (AvgIpc) is 3.50. The molecule has 31 heavy (non-hydrogen) atoms. The van der Waals surface area contributed by atoms with Crippen molar-refractivity contribution in [2.24, 2.45) is 0 Å². The summed E-state index contributed by atoms with van der Waals surface area (Å²) in [6, 6.07) is 19.6. The second-order valence-corrected chi connectivity index (χ2v) is 8.97. The van der Waals surface area contributed by atoms with Gasteiger partial charge in [0.05, 0.1) is 18.8 Å². The van der Waals surface area contributed by atoms with Crippen LogP contribution in [-0.4, -0.2) is 54.0 Å². The Labute approximate surface area is 189 Å². The summed E-state index contributed by atoms with van der Waals surface area (Å²) >= 11 is 6.02. The number of rotatable bonds is 5. The van der Waals surface area contributed by atoms with E-state index in [0.29, 0.717) is 12.1 Å². The van der Waals surface area contributed by atoms with E-state index in [1.165, 1.54) is 24.9 Å². The molecule has 2 heterocycles. The minimum absolute atomic E-state index is 0.491. The zero-order chi connectivity index (χ0) is 21.2. The third-order valence-corrected chi connectivity index (χ3v) is 7.02. The molecule has 0 N–H and O–H groups in total. The van der Waals surface area contributed by atoms with Crippen molar-refractivity contribution < 1.29 is 4.74 Å². The van der Waals surface area contributed by atoms with Crippen molar-refractivity contribution in [3.8, 4) is 17.0 Å². The van der Waals surface area contributed by atoms with Gasteiger partial charge in [-0.15, -0.1) is 0 Å². The number of hydrogen-bond donors (Lipinski definition) is 0. The number of anilines is 1. The summed E-state index contributed by atoms with van der Waals surface area (Å²) in [6.07, 6.45) is 5.78. The molecule has 2 fully saturated rings. The molecular weight excluding hydrogens is 408 g/mol. The molecule has 0 unspecified atom stereocenters. The van der Waals surface area contributed by atoms with Crippen LogP contribution in [0, 0.1) is 0 Å². The van der Waals surface area contributed by atoms with Crippen LogP contribution in [0.3, 0.4) is 0 Å². The third kappa shape index (κ3) is 4.43. The lowest BCUT2D eigenvalue weighted by Crippen LogP contribution is -2.49. The predicted octanol–water partition coefficient (Wildman–Crippen LogP) is 5.13. The molecule has 1 saturated heterocycles. The van der Waals surface area contributed by atoms with Crippen molar-refractivity contribution in [1.82, 2.24) is 14.7 Å². The molecule has 6 heteroatoms. The first kappa shape index (κ1) is 20.4. The Morgan fingerprint density at radius 2 is 1.58 bits per heavy atom. The van der Waals surface area contributed by atoms with Crippen LogP contribution in [0.2, 0.25) is 5.02 Å². The molecule has 5 nitrogen and oxygen atoms in total. The van der Waals surface area contributed by atoms with Crippen LogP contribution in [0.1, 0.15) is 25.3 Å². The number of piperazine rings is 1. The Morgan fingerprint density at radius 1 is 0.871 bits per heavy atom. The van der Waals surface area contributed by atoms with Crippen molar-refractivity contribution >= 4 is 17.3 Å². The van der Waals surface area contributed by atoms with Crippen molar-refractivity contribution in [1.29, 1.82) is 0 Å². The maximum Gasteiger partial charge on any atom is 0.119 e. The smallest absolute Gasteiger partial charge is 0.119 e. The Bertz CT molecular complexity index is 993. The lowest BCUT2D eigenvalue weighted by Gasteiger charge is -2.39. The molecule has 2 aromatic carbocycles. The number of hydrogen-bond acceptors (Lipinski definition) is 4. The number of ether oxygens (including phenoxy) is 1. The van der Waals surface area contributed by atoms with E-state index in [4.69, 9.17) is 21.4 Å². The zero-order valence-corrected chi connectivity index (χ0v) is 18.7. The largest absolute Gasteiger partial charge is 0.497 e. The summed E-state index contributed by atoms with van der Waals surface area (Å²) in [5.41, 5.74) is 3.43. The molecule has 2 aliphatic rings. The summed E-state index contributed by atoms with van der Waals surface area (Å²) in [5.74, 6) is 0.914. The molecule has 162 valence electrons. The fourth-order valence-corrected chi connectivity index (χ4v) is 5.09. The van der Waals surface area contributed by atoms with Gasteiger partial charge in [-0.1, -0.05) is 23.7 Å². The van der Waals surface area contributed by atoms with Gasteiger partial charge in [0.1, 0.15) is 5.75 Å². The van der Waals surface area contributed by atoms with Gasteiger partial charge >= 0.3 is 0 Å². The molecule has 1 aliphatic carbocycles. The first-order valence-electron chi connectivity index (χ1n) is 11.1. The summed E-state index contributed by atoms with van der Waals surface area (Å²) in [6.45, 7) is 4.41. The summed E-state index contributed by atoms with van der Waals surface area (Å²) in [5, 5.41) is 5.63.